The number of allylic oxidation sites excluding steroid dienone is 6. The van der Waals surface area contributed by atoms with E-state index in [-0.39, 0.29) is 22.3 Å². The third kappa shape index (κ3) is 5.00. The number of hydrogen-bond donors (Lipinski definition) is 0. The summed E-state index contributed by atoms with van der Waals surface area (Å²) >= 11 is 0. The van der Waals surface area contributed by atoms with Crippen LogP contribution in [0.1, 0.15) is 97.8 Å². The lowest BCUT2D eigenvalue weighted by Crippen LogP contribution is -2.62. The normalized spacial score (nSPS) is 32.0. The topological polar surface area (TPSA) is 54.5 Å². The van der Waals surface area contributed by atoms with Crippen molar-refractivity contribution < 1.29 is 18.9 Å². The van der Waals surface area contributed by atoms with E-state index in [9.17, 15) is 14.4 Å². The van der Waals surface area contributed by atoms with Crippen molar-refractivity contribution in [2.45, 2.75) is 110 Å². The first-order valence-electron chi connectivity index (χ1n) is 13.6. The Morgan fingerprint density at radius 1 is 1.12 bits per heavy atom. The van der Waals surface area contributed by atoms with Crippen molar-refractivity contribution in [2.24, 2.45) is 5.92 Å². The highest BCUT2D eigenvalue weighted by Crippen LogP contribution is 2.38. The highest BCUT2D eigenvalue weighted by Gasteiger charge is 2.51. The second kappa shape index (κ2) is 10.7. The first kappa shape index (κ1) is 25.1. The van der Waals surface area contributed by atoms with E-state index in [0.717, 1.165) is 57.8 Å². The van der Waals surface area contributed by atoms with Crippen molar-refractivity contribution in [3.63, 3.8) is 0 Å². The Morgan fingerprint density at radius 3 is 2.68 bits per heavy atom. The Bertz CT molecular complexity index is 914. The number of hydrogen-bond acceptors (Lipinski definition) is 3. The molecule has 2 aliphatic carbocycles. The number of imide groups is 1. The van der Waals surface area contributed by atoms with E-state index in [1.165, 1.54) is 29.6 Å². The van der Waals surface area contributed by atoms with Crippen LogP contribution in [0.5, 0.6) is 0 Å². The summed E-state index contributed by atoms with van der Waals surface area (Å²) in [6.45, 7) is 7.65. The van der Waals surface area contributed by atoms with Crippen LogP contribution in [0.3, 0.4) is 0 Å². The minimum absolute atomic E-state index is 0.0232. The molecule has 2 heterocycles. The summed E-state index contributed by atoms with van der Waals surface area (Å²) in [7, 11) is 0. The molecule has 0 bridgehead atoms. The van der Waals surface area contributed by atoms with Crippen molar-refractivity contribution in [3.05, 3.63) is 34.4 Å². The van der Waals surface area contributed by atoms with Crippen molar-refractivity contribution in [3.8, 4) is 0 Å². The summed E-state index contributed by atoms with van der Waals surface area (Å²) in [4.78, 5) is 40.7. The minimum atomic E-state index is -0.427. The lowest BCUT2D eigenvalue weighted by molar-refractivity contribution is -0.781. The SMILES string of the molecule is CC1=CCC2=C(C=C1C)CC(CCCC(=O)N1CCCCC1C(=O)[N+]1(C=O)CCC[C@H]1C)CC2. The van der Waals surface area contributed by atoms with Gasteiger partial charge in [0, 0.05) is 25.8 Å². The van der Waals surface area contributed by atoms with Crippen LogP contribution in [-0.4, -0.2) is 52.8 Å². The average Bonchev–Trinajstić information content (AvgIpc) is 3.17. The van der Waals surface area contributed by atoms with Gasteiger partial charge in [-0.15, -0.1) is 0 Å². The van der Waals surface area contributed by atoms with Crippen LogP contribution in [0.25, 0.3) is 0 Å². The fourth-order valence-electron chi connectivity index (χ4n) is 6.63. The molecule has 4 atom stereocenters. The standard InChI is InChI=1S/C29H43N2O3/c1-21-12-14-25-15-13-24(19-26(25)18-22(21)2)9-6-11-28(33)30-16-5-4-10-27(30)29(34)31(20-32)17-7-8-23(31)3/h12,18,20,23-24,27H,4-11,13-17,19H2,1-3H3/q+1/t23-,24?,27?,31?/m1/s1. The zero-order valence-corrected chi connectivity index (χ0v) is 21.5. The van der Waals surface area contributed by atoms with Crippen LogP contribution in [0.2, 0.25) is 0 Å². The molecule has 0 N–H and O–H groups in total. The summed E-state index contributed by atoms with van der Waals surface area (Å²) in [5.41, 5.74) is 5.90. The third-order valence-electron chi connectivity index (χ3n) is 9.13. The molecule has 2 aliphatic heterocycles. The van der Waals surface area contributed by atoms with Crippen molar-refractivity contribution >= 4 is 18.2 Å². The van der Waals surface area contributed by atoms with Crippen LogP contribution in [0.4, 0.5) is 0 Å². The number of piperidine rings is 1. The van der Waals surface area contributed by atoms with E-state index in [0.29, 0.717) is 31.8 Å². The van der Waals surface area contributed by atoms with Gasteiger partial charge in [0.2, 0.25) is 5.91 Å². The fourth-order valence-corrected chi connectivity index (χ4v) is 6.63. The Balaban J connectivity index is 1.33. The number of quaternary nitrogens is 1. The second-order valence-electron chi connectivity index (χ2n) is 11.2. The van der Waals surface area contributed by atoms with E-state index in [1.807, 2.05) is 11.8 Å². The van der Waals surface area contributed by atoms with E-state index < -0.39 is 6.04 Å². The van der Waals surface area contributed by atoms with E-state index in [1.54, 1.807) is 5.57 Å². The summed E-state index contributed by atoms with van der Waals surface area (Å²) in [5.74, 6) is 0.705. The lowest BCUT2D eigenvalue weighted by Gasteiger charge is -2.39. The highest BCUT2D eigenvalue weighted by molar-refractivity contribution is 5.87. The zero-order valence-electron chi connectivity index (χ0n) is 21.5. The molecule has 0 aromatic rings. The quantitative estimate of drug-likeness (QED) is 0.377. The van der Waals surface area contributed by atoms with Crippen LogP contribution >= 0.6 is 0 Å². The molecule has 2 saturated heterocycles. The van der Waals surface area contributed by atoms with Gasteiger partial charge < -0.3 is 4.90 Å². The molecule has 186 valence electrons. The molecular formula is C29H43N2O3+. The highest BCUT2D eigenvalue weighted by atomic mass is 16.2. The maximum Gasteiger partial charge on any atom is 0.343 e. The lowest BCUT2D eigenvalue weighted by atomic mass is 9.80. The monoisotopic (exact) mass is 467 g/mol. The molecule has 0 radical (unpaired) electrons. The van der Waals surface area contributed by atoms with Gasteiger partial charge in [0.05, 0.1) is 6.54 Å². The molecule has 3 unspecified atom stereocenters. The summed E-state index contributed by atoms with van der Waals surface area (Å²) in [6, 6.07) is -0.403. The largest absolute Gasteiger partial charge is 0.343 e. The molecule has 34 heavy (non-hydrogen) atoms. The van der Waals surface area contributed by atoms with Gasteiger partial charge in [-0.3, -0.25) is 4.79 Å². The van der Waals surface area contributed by atoms with Gasteiger partial charge in [-0.05, 0) is 95.6 Å². The summed E-state index contributed by atoms with van der Waals surface area (Å²) in [5, 5.41) is 0. The van der Waals surface area contributed by atoms with E-state index in [2.05, 4.69) is 26.0 Å². The Morgan fingerprint density at radius 2 is 1.94 bits per heavy atom. The molecule has 0 spiro atoms. The molecule has 2 fully saturated rings. The number of carbonyl (C=O) groups is 3. The predicted molar refractivity (Wildman–Crippen MR) is 135 cm³/mol. The number of carbonyl (C=O) groups excluding carboxylic acids is 3. The Hall–Kier alpha value is -2.01. The summed E-state index contributed by atoms with van der Waals surface area (Å²) < 4.78 is -0.0881. The molecule has 0 aromatic carbocycles. The number of amides is 3. The molecule has 0 aromatic heterocycles. The second-order valence-corrected chi connectivity index (χ2v) is 11.2. The van der Waals surface area contributed by atoms with Gasteiger partial charge >= 0.3 is 12.3 Å². The zero-order chi connectivity index (χ0) is 24.3. The molecular weight excluding hydrogens is 424 g/mol. The van der Waals surface area contributed by atoms with Gasteiger partial charge in [0.15, 0.2) is 0 Å². The van der Waals surface area contributed by atoms with Gasteiger partial charge in [0.1, 0.15) is 12.1 Å². The van der Waals surface area contributed by atoms with Crippen LogP contribution in [0.15, 0.2) is 34.4 Å². The average molecular weight is 468 g/mol. The Kier molecular flexibility index (Phi) is 7.91. The summed E-state index contributed by atoms with van der Waals surface area (Å²) in [6.07, 6.45) is 17.1. The Labute approximate surface area is 205 Å². The maximum absolute atomic E-state index is 13.5. The number of rotatable bonds is 6. The smallest absolute Gasteiger partial charge is 0.327 e. The van der Waals surface area contributed by atoms with Gasteiger partial charge in [-0.1, -0.05) is 23.3 Å². The number of nitrogens with zero attached hydrogens (tertiary/aromatic N) is 2. The van der Waals surface area contributed by atoms with Crippen molar-refractivity contribution in [1.29, 1.82) is 0 Å². The molecule has 4 rings (SSSR count). The van der Waals surface area contributed by atoms with Gasteiger partial charge in [-0.25, -0.2) is 9.59 Å². The van der Waals surface area contributed by atoms with Crippen LogP contribution in [-0.2, 0) is 14.4 Å². The molecule has 5 heteroatoms. The fraction of sp³-hybridized carbons (Fsp3) is 0.690. The molecule has 3 amide bonds. The van der Waals surface area contributed by atoms with Gasteiger partial charge in [0.25, 0.3) is 0 Å². The van der Waals surface area contributed by atoms with Crippen LogP contribution < -0.4 is 0 Å². The molecule has 4 aliphatic rings. The first-order chi connectivity index (χ1) is 16.4. The minimum Gasteiger partial charge on any atom is -0.327 e. The van der Waals surface area contributed by atoms with Crippen molar-refractivity contribution in [1.82, 2.24) is 4.90 Å². The van der Waals surface area contributed by atoms with E-state index >= 15 is 0 Å². The predicted octanol–water partition coefficient (Wildman–Crippen LogP) is 5.61. The van der Waals surface area contributed by atoms with E-state index in [4.69, 9.17) is 0 Å². The van der Waals surface area contributed by atoms with Crippen LogP contribution in [0, 0.1) is 5.92 Å². The van der Waals surface area contributed by atoms with Gasteiger partial charge in [-0.2, -0.15) is 4.48 Å². The molecule has 5 nitrogen and oxygen atoms in total. The van der Waals surface area contributed by atoms with Crippen molar-refractivity contribution in [2.75, 3.05) is 13.1 Å². The third-order valence-corrected chi connectivity index (χ3v) is 9.13. The maximum atomic E-state index is 13.5. The molecule has 0 saturated carbocycles. The first-order valence-corrected chi connectivity index (χ1v) is 13.6. The number of likely N-dealkylation sites (tertiary alicyclic amines) is 2.